The molecule has 76 valence electrons. The van der Waals surface area contributed by atoms with Gasteiger partial charge in [-0.1, -0.05) is 15.9 Å². The quantitative estimate of drug-likeness (QED) is 0.591. The Balaban J connectivity index is 3.10. The third-order valence-corrected chi connectivity index (χ3v) is 2.08. The van der Waals surface area contributed by atoms with Crippen LogP contribution in [0.2, 0.25) is 0 Å². The maximum absolute atomic E-state index is 12.8. The molecule has 0 fully saturated rings. The minimum Gasteiger partial charge on any atom is -0.293 e. The Morgan fingerprint density at radius 3 is 2.29 bits per heavy atom. The molecule has 0 spiro atoms. The molecule has 0 aliphatic carbocycles. The highest BCUT2D eigenvalue weighted by molar-refractivity contribution is 9.10. The summed E-state index contributed by atoms with van der Waals surface area (Å²) in [6.07, 6.45) is 0. The number of hydrogen-bond donors (Lipinski definition) is 0. The summed E-state index contributed by atoms with van der Waals surface area (Å²) in [4.78, 5) is 11.6. The van der Waals surface area contributed by atoms with Crippen LogP contribution in [0.1, 0.15) is 24.2 Å². The molecule has 1 nitrogen and oxygen atoms in total. The van der Waals surface area contributed by atoms with Crippen LogP contribution < -0.4 is 0 Å². The van der Waals surface area contributed by atoms with Gasteiger partial charge in [-0.2, -0.15) is 0 Å². The van der Waals surface area contributed by atoms with E-state index in [1.54, 1.807) is 13.8 Å². The summed E-state index contributed by atoms with van der Waals surface area (Å²) in [6.45, 7) is 3.30. The van der Waals surface area contributed by atoms with Gasteiger partial charge >= 0.3 is 0 Å². The molecule has 0 saturated heterocycles. The van der Waals surface area contributed by atoms with E-state index in [1.165, 1.54) is 6.07 Å². The first-order valence-electron chi connectivity index (χ1n) is 4.01. The molecule has 0 unspecified atom stereocenters. The van der Waals surface area contributed by atoms with E-state index >= 15 is 0 Å². The standard InChI is InChI=1S/C10H9BrF2O/c1-10(2,11)9(14)6-3-4-7(12)8(13)5-6/h3-5H,1-2H3. The Labute approximate surface area is 89.3 Å². The summed E-state index contributed by atoms with van der Waals surface area (Å²) in [7, 11) is 0. The average molecular weight is 263 g/mol. The van der Waals surface area contributed by atoms with Crippen LogP contribution in [0.25, 0.3) is 0 Å². The van der Waals surface area contributed by atoms with E-state index in [0.29, 0.717) is 0 Å². The molecular formula is C10H9BrF2O. The molecule has 1 rings (SSSR count). The van der Waals surface area contributed by atoms with Gasteiger partial charge in [-0.05, 0) is 32.0 Å². The van der Waals surface area contributed by atoms with E-state index in [1.807, 2.05) is 0 Å². The van der Waals surface area contributed by atoms with Crippen LogP contribution in [0, 0.1) is 11.6 Å². The molecule has 14 heavy (non-hydrogen) atoms. The number of halogens is 3. The lowest BCUT2D eigenvalue weighted by Crippen LogP contribution is -2.24. The Morgan fingerprint density at radius 2 is 1.86 bits per heavy atom. The van der Waals surface area contributed by atoms with Crippen molar-refractivity contribution in [1.82, 2.24) is 0 Å². The van der Waals surface area contributed by atoms with E-state index in [2.05, 4.69) is 15.9 Å². The van der Waals surface area contributed by atoms with Crippen LogP contribution in [0.15, 0.2) is 18.2 Å². The first-order chi connectivity index (χ1) is 6.32. The minimum absolute atomic E-state index is 0.158. The maximum atomic E-state index is 12.8. The van der Waals surface area contributed by atoms with Gasteiger partial charge in [-0.3, -0.25) is 4.79 Å². The fraction of sp³-hybridized carbons (Fsp3) is 0.300. The van der Waals surface area contributed by atoms with Crippen LogP contribution in [0.3, 0.4) is 0 Å². The van der Waals surface area contributed by atoms with Gasteiger partial charge < -0.3 is 0 Å². The number of carbonyl (C=O) groups excluding carboxylic acids is 1. The molecule has 4 heteroatoms. The largest absolute Gasteiger partial charge is 0.293 e. The zero-order valence-corrected chi connectivity index (χ0v) is 9.36. The topological polar surface area (TPSA) is 17.1 Å². The van der Waals surface area contributed by atoms with Crippen LogP contribution in [0.4, 0.5) is 8.78 Å². The molecule has 0 radical (unpaired) electrons. The number of ketones is 1. The first kappa shape index (κ1) is 11.3. The number of alkyl halides is 1. The maximum Gasteiger partial charge on any atom is 0.179 e. The lowest BCUT2D eigenvalue weighted by atomic mass is 10.0. The second kappa shape index (κ2) is 3.77. The molecule has 0 aliphatic heterocycles. The number of Topliss-reactive ketones (excluding diaryl/α,β-unsaturated/α-hetero) is 1. The lowest BCUT2D eigenvalue weighted by molar-refractivity contribution is 0.0960. The normalized spacial score (nSPS) is 11.5. The highest BCUT2D eigenvalue weighted by Crippen LogP contribution is 2.22. The smallest absolute Gasteiger partial charge is 0.179 e. The van der Waals surface area contributed by atoms with Gasteiger partial charge in [0.1, 0.15) is 0 Å². The molecule has 0 saturated carbocycles. The molecule has 0 bridgehead atoms. The molecule has 0 heterocycles. The number of rotatable bonds is 2. The van der Waals surface area contributed by atoms with Crippen LogP contribution in [-0.2, 0) is 0 Å². The average Bonchev–Trinajstić information content (AvgIpc) is 2.07. The van der Waals surface area contributed by atoms with Crippen molar-refractivity contribution in [2.75, 3.05) is 0 Å². The molecule has 0 aliphatic rings. The van der Waals surface area contributed by atoms with Crippen molar-refractivity contribution in [3.63, 3.8) is 0 Å². The SMILES string of the molecule is CC(C)(Br)C(=O)c1ccc(F)c(F)c1. The number of hydrogen-bond acceptors (Lipinski definition) is 1. The van der Waals surface area contributed by atoms with Gasteiger partial charge in [0.25, 0.3) is 0 Å². The summed E-state index contributed by atoms with van der Waals surface area (Å²) < 4.78 is 24.6. The van der Waals surface area contributed by atoms with E-state index < -0.39 is 16.0 Å². The van der Waals surface area contributed by atoms with Gasteiger partial charge in [0, 0.05) is 5.56 Å². The predicted octanol–water partition coefficient (Wildman–Crippen LogP) is 3.32. The highest BCUT2D eigenvalue weighted by Gasteiger charge is 2.25. The van der Waals surface area contributed by atoms with E-state index in [9.17, 15) is 13.6 Å². The van der Waals surface area contributed by atoms with Crippen LogP contribution in [0.5, 0.6) is 0 Å². The summed E-state index contributed by atoms with van der Waals surface area (Å²) in [6, 6.07) is 3.12. The molecule has 1 aromatic carbocycles. The minimum atomic E-state index is -1.01. The molecule has 1 aromatic rings. The zero-order chi connectivity index (χ0) is 10.9. The lowest BCUT2D eigenvalue weighted by Gasteiger charge is -2.14. The summed E-state index contributed by atoms with van der Waals surface area (Å²) >= 11 is 3.16. The summed E-state index contributed by atoms with van der Waals surface area (Å²) in [5.41, 5.74) is 0.158. The van der Waals surface area contributed by atoms with Crippen molar-refractivity contribution in [1.29, 1.82) is 0 Å². The van der Waals surface area contributed by atoms with Crippen molar-refractivity contribution in [3.8, 4) is 0 Å². The second-order valence-electron chi connectivity index (χ2n) is 3.43. The third kappa shape index (κ3) is 2.38. The van der Waals surface area contributed by atoms with Gasteiger partial charge in [0.2, 0.25) is 0 Å². The van der Waals surface area contributed by atoms with Gasteiger partial charge in [-0.15, -0.1) is 0 Å². The summed E-state index contributed by atoms with van der Waals surface area (Å²) in [5, 5.41) is 0. The first-order valence-corrected chi connectivity index (χ1v) is 4.80. The van der Waals surface area contributed by atoms with E-state index in [4.69, 9.17) is 0 Å². The fourth-order valence-electron chi connectivity index (χ4n) is 0.981. The van der Waals surface area contributed by atoms with Crippen molar-refractivity contribution in [3.05, 3.63) is 35.4 Å². The van der Waals surface area contributed by atoms with Crippen LogP contribution in [-0.4, -0.2) is 10.1 Å². The van der Waals surface area contributed by atoms with Crippen molar-refractivity contribution >= 4 is 21.7 Å². The summed E-state index contributed by atoms with van der Waals surface area (Å²) in [5.74, 6) is -2.24. The van der Waals surface area contributed by atoms with Crippen molar-refractivity contribution < 1.29 is 13.6 Å². The molecule has 0 amide bonds. The van der Waals surface area contributed by atoms with E-state index in [0.717, 1.165) is 12.1 Å². The van der Waals surface area contributed by atoms with Crippen molar-refractivity contribution in [2.24, 2.45) is 0 Å². The molecule has 0 N–H and O–H groups in total. The monoisotopic (exact) mass is 262 g/mol. The van der Waals surface area contributed by atoms with E-state index in [-0.39, 0.29) is 11.3 Å². The molecule has 0 aromatic heterocycles. The molecule has 0 atom stereocenters. The second-order valence-corrected chi connectivity index (χ2v) is 5.41. The fourth-order valence-corrected chi connectivity index (χ4v) is 1.21. The zero-order valence-electron chi connectivity index (χ0n) is 7.77. The Morgan fingerprint density at radius 1 is 1.29 bits per heavy atom. The Bertz CT molecular complexity index is 369. The Kier molecular flexibility index (Phi) is 3.04. The Hall–Kier alpha value is -0.770. The predicted molar refractivity (Wildman–Crippen MR) is 53.7 cm³/mol. The van der Waals surface area contributed by atoms with Gasteiger partial charge in [0.05, 0.1) is 4.32 Å². The third-order valence-electron chi connectivity index (χ3n) is 1.72. The van der Waals surface area contributed by atoms with Crippen molar-refractivity contribution in [2.45, 2.75) is 18.2 Å². The number of benzene rings is 1. The van der Waals surface area contributed by atoms with Gasteiger partial charge in [0.15, 0.2) is 17.4 Å². The van der Waals surface area contributed by atoms with Gasteiger partial charge in [-0.25, -0.2) is 8.78 Å². The van der Waals surface area contributed by atoms with Crippen LogP contribution >= 0.6 is 15.9 Å². The molecular weight excluding hydrogens is 254 g/mol. The number of carbonyl (C=O) groups is 1. The highest BCUT2D eigenvalue weighted by atomic mass is 79.9.